The van der Waals surface area contributed by atoms with Crippen molar-refractivity contribution in [2.45, 2.75) is 4.21 Å². The Bertz CT molecular complexity index is 787. The van der Waals surface area contributed by atoms with Crippen molar-refractivity contribution in [1.29, 1.82) is 0 Å². The normalized spacial score (nSPS) is 12.4. The Balaban J connectivity index is 2.45. The summed E-state index contributed by atoms with van der Waals surface area (Å²) in [5, 5.41) is 13.3. The summed E-state index contributed by atoms with van der Waals surface area (Å²) in [6.07, 6.45) is 0. The first-order valence-electron chi connectivity index (χ1n) is 5.68. The molecule has 0 bridgehead atoms. The molecule has 0 aliphatic heterocycles. The first-order chi connectivity index (χ1) is 9.87. The summed E-state index contributed by atoms with van der Waals surface area (Å²) < 4.78 is 27.0. The molecule has 1 heterocycles. The van der Waals surface area contributed by atoms with Crippen molar-refractivity contribution >= 4 is 48.8 Å². The molecule has 2 rings (SSSR count). The van der Waals surface area contributed by atoms with E-state index in [2.05, 4.69) is 21.1 Å². The largest absolute Gasteiger partial charge is 0.409 e. The molecule has 0 aliphatic carbocycles. The van der Waals surface area contributed by atoms with Crippen LogP contribution in [0.25, 0.3) is 0 Å². The minimum absolute atomic E-state index is 0.0834. The van der Waals surface area contributed by atoms with E-state index in [1.807, 2.05) is 0 Å². The van der Waals surface area contributed by atoms with Crippen LogP contribution in [0, 0.1) is 0 Å². The minimum Gasteiger partial charge on any atom is -0.409 e. The molecular formula is C12H12BrN3O3S2. The van der Waals surface area contributed by atoms with Gasteiger partial charge in [0.1, 0.15) is 0 Å². The van der Waals surface area contributed by atoms with Crippen molar-refractivity contribution in [3.63, 3.8) is 0 Å². The molecule has 21 heavy (non-hydrogen) atoms. The Morgan fingerprint density at radius 2 is 2.14 bits per heavy atom. The van der Waals surface area contributed by atoms with Gasteiger partial charge in [-0.15, -0.1) is 11.3 Å². The van der Waals surface area contributed by atoms with Crippen molar-refractivity contribution in [3.05, 3.63) is 45.7 Å². The lowest BCUT2D eigenvalue weighted by Gasteiger charge is -2.19. The van der Waals surface area contributed by atoms with E-state index in [9.17, 15) is 8.42 Å². The highest BCUT2D eigenvalue weighted by molar-refractivity contribution is 9.10. The molecule has 0 unspecified atom stereocenters. The standard InChI is InChI=1S/C12H12BrN3O3S2/c1-16(21(18,19)12-10(13)5-6-20-12)9-4-2-3-8(7-9)11(14)15-17/h2-7,17H,1H3,(H2,14,15). The fourth-order valence-corrected chi connectivity index (χ4v) is 5.30. The van der Waals surface area contributed by atoms with Crippen LogP contribution < -0.4 is 10.0 Å². The highest BCUT2D eigenvalue weighted by Gasteiger charge is 2.25. The molecule has 6 nitrogen and oxygen atoms in total. The van der Waals surface area contributed by atoms with Crippen LogP contribution in [0.15, 0.2) is 49.5 Å². The summed E-state index contributed by atoms with van der Waals surface area (Å²) in [5.74, 6) is -0.0834. The number of rotatable bonds is 4. The van der Waals surface area contributed by atoms with Gasteiger partial charge in [0.25, 0.3) is 10.0 Å². The van der Waals surface area contributed by atoms with E-state index in [-0.39, 0.29) is 10.0 Å². The number of nitrogens with two attached hydrogens (primary N) is 1. The van der Waals surface area contributed by atoms with Crippen LogP contribution in [0.1, 0.15) is 5.56 Å². The van der Waals surface area contributed by atoms with Gasteiger partial charge >= 0.3 is 0 Å². The Labute approximate surface area is 134 Å². The summed E-state index contributed by atoms with van der Waals surface area (Å²) in [4.78, 5) is 0. The second kappa shape index (κ2) is 6.04. The number of amidine groups is 1. The lowest BCUT2D eigenvalue weighted by atomic mass is 10.2. The van der Waals surface area contributed by atoms with Crippen LogP contribution in [0.5, 0.6) is 0 Å². The summed E-state index contributed by atoms with van der Waals surface area (Å²) in [6.45, 7) is 0. The molecule has 0 atom stereocenters. The van der Waals surface area contributed by atoms with Crippen LogP contribution in [0.3, 0.4) is 0 Å². The number of thiophene rings is 1. The number of anilines is 1. The third-order valence-electron chi connectivity index (χ3n) is 2.79. The molecule has 0 amide bonds. The van der Waals surface area contributed by atoms with Crippen LogP contribution in [0.4, 0.5) is 5.69 Å². The van der Waals surface area contributed by atoms with E-state index in [1.165, 1.54) is 13.1 Å². The Morgan fingerprint density at radius 1 is 1.43 bits per heavy atom. The first-order valence-corrected chi connectivity index (χ1v) is 8.79. The second-order valence-electron chi connectivity index (χ2n) is 4.06. The quantitative estimate of drug-likeness (QED) is 0.363. The molecule has 1 aromatic heterocycles. The summed E-state index contributed by atoms with van der Waals surface area (Å²) in [6, 6.07) is 8.11. The highest BCUT2D eigenvalue weighted by Crippen LogP contribution is 2.32. The van der Waals surface area contributed by atoms with E-state index in [1.54, 1.807) is 29.6 Å². The fourth-order valence-electron chi connectivity index (χ4n) is 1.65. The van der Waals surface area contributed by atoms with Gasteiger partial charge in [-0.05, 0) is 39.5 Å². The molecule has 2 aromatic rings. The molecule has 0 radical (unpaired) electrons. The lowest BCUT2D eigenvalue weighted by molar-refractivity contribution is 0.318. The zero-order valence-corrected chi connectivity index (χ0v) is 14.1. The van der Waals surface area contributed by atoms with E-state index in [4.69, 9.17) is 10.9 Å². The SMILES string of the molecule is CN(c1cccc(C(N)=NO)c1)S(=O)(=O)c1sccc1Br. The Morgan fingerprint density at radius 3 is 2.71 bits per heavy atom. The monoisotopic (exact) mass is 389 g/mol. The van der Waals surface area contributed by atoms with Gasteiger partial charge in [-0.3, -0.25) is 4.31 Å². The first kappa shape index (κ1) is 15.8. The zero-order chi connectivity index (χ0) is 15.6. The predicted octanol–water partition coefficient (Wildman–Crippen LogP) is 2.43. The van der Waals surface area contributed by atoms with E-state index in [0.29, 0.717) is 15.7 Å². The summed E-state index contributed by atoms with van der Waals surface area (Å²) in [5.41, 5.74) is 6.37. The zero-order valence-electron chi connectivity index (χ0n) is 10.9. The molecule has 0 saturated carbocycles. The average molecular weight is 390 g/mol. The van der Waals surface area contributed by atoms with Gasteiger partial charge in [0, 0.05) is 17.1 Å². The maximum absolute atomic E-state index is 12.6. The smallest absolute Gasteiger partial charge is 0.274 e. The third-order valence-corrected chi connectivity index (χ3v) is 7.23. The van der Waals surface area contributed by atoms with Gasteiger partial charge in [-0.25, -0.2) is 8.42 Å². The number of nitrogens with zero attached hydrogens (tertiary/aromatic N) is 2. The molecule has 9 heteroatoms. The van der Waals surface area contributed by atoms with Crippen molar-refractivity contribution in [1.82, 2.24) is 0 Å². The second-order valence-corrected chi connectivity index (χ2v) is 8.00. The molecule has 0 spiro atoms. The summed E-state index contributed by atoms with van der Waals surface area (Å²) in [7, 11) is -2.22. The van der Waals surface area contributed by atoms with Crippen LogP contribution >= 0.6 is 27.3 Å². The Kier molecular flexibility index (Phi) is 4.55. The van der Waals surface area contributed by atoms with Gasteiger partial charge < -0.3 is 10.9 Å². The van der Waals surface area contributed by atoms with Crippen LogP contribution in [-0.4, -0.2) is 26.5 Å². The topological polar surface area (TPSA) is 96.0 Å². The van der Waals surface area contributed by atoms with Gasteiger partial charge in [-0.1, -0.05) is 17.3 Å². The highest BCUT2D eigenvalue weighted by atomic mass is 79.9. The predicted molar refractivity (Wildman–Crippen MR) is 86.6 cm³/mol. The number of hydrogen-bond acceptors (Lipinski definition) is 5. The Hall–Kier alpha value is -1.58. The number of sulfonamides is 1. The number of halogens is 1. The van der Waals surface area contributed by atoms with E-state index in [0.717, 1.165) is 15.6 Å². The molecular weight excluding hydrogens is 378 g/mol. The number of oxime groups is 1. The molecule has 3 N–H and O–H groups in total. The van der Waals surface area contributed by atoms with Crippen molar-refractivity contribution in [2.75, 3.05) is 11.4 Å². The molecule has 0 saturated heterocycles. The fraction of sp³-hybridized carbons (Fsp3) is 0.0833. The van der Waals surface area contributed by atoms with Gasteiger partial charge in [0.2, 0.25) is 0 Å². The van der Waals surface area contributed by atoms with E-state index >= 15 is 0 Å². The third kappa shape index (κ3) is 3.04. The van der Waals surface area contributed by atoms with Gasteiger partial charge in [0.15, 0.2) is 10.0 Å². The minimum atomic E-state index is -3.67. The van der Waals surface area contributed by atoms with Crippen molar-refractivity contribution < 1.29 is 13.6 Å². The lowest BCUT2D eigenvalue weighted by Crippen LogP contribution is -2.26. The van der Waals surface area contributed by atoms with Crippen molar-refractivity contribution in [2.24, 2.45) is 10.9 Å². The number of benzene rings is 1. The van der Waals surface area contributed by atoms with Gasteiger partial charge in [0.05, 0.1) is 5.69 Å². The average Bonchev–Trinajstić information content (AvgIpc) is 2.92. The maximum Gasteiger partial charge on any atom is 0.274 e. The molecule has 1 aromatic carbocycles. The van der Waals surface area contributed by atoms with Crippen molar-refractivity contribution in [3.8, 4) is 0 Å². The molecule has 112 valence electrons. The van der Waals surface area contributed by atoms with Crippen LogP contribution in [-0.2, 0) is 10.0 Å². The molecule has 0 aliphatic rings. The van der Waals surface area contributed by atoms with Crippen LogP contribution in [0.2, 0.25) is 0 Å². The maximum atomic E-state index is 12.6. The molecule has 0 fully saturated rings. The summed E-state index contributed by atoms with van der Waals surface area (Å²) >= 11 is 4.35. The van der Waals surface area contributed by atoms with Gasteiger partial charge in [-0.2, -0.15) is 0 Å². The number of hydrogen-bond donors (Lipinski definition) is 2. The van der Waals surface area contributed by atoms with E-state index < -0.39 is 10.0 Å².